The third-order valence-corrected chi connectivity index (χ3v) is 3.30. The molecule has 0 radical (unpaired) electrons. The third-order valence-electron chi connectivity index (χ3n) is 3.30. The zero-order chi connectivity index (χ0) is 14.0. The summed E-state index contributed by atoms with van der Waals surface area (Å²) in [5.74, 6) is 0.982. The lowest BCUT2D eigenvalue weighted by Crippen LogP contribution is -2.36. The van der Waals surface area contributed by atoms with Crippen LogP contribution in [0.4, 0.5) is 0 Å². The number of hydrogen-bond donors (Lipinski definition) is 3. The predicted octanol–water partition coefficient (Wildman–Crippen LogP) is 0.201. The molecule has 0 aromatic heterocycles. The van der Waals surface area contributed by atoms with E-state index in [0.29, 0.717) is 37.9 Å². The van der Waals surface area contributed by atoms with Crippen LogP contribution in [0.1, 0.15) is 33.1 Å². The van der Waals surface area contributed by atoms with Gasteiger partial charge in [-0.05, 0) is 31.2 Å². The van der Waals surface area contributed by atoms with Crippen molar-refractivity contribution in [2.75, 3.05) is 32.8 Å². The van der Waals surface area contributed by atoms with E-state index in [1.165, 1.54) is 4.90 Å². The summed E-state index contributed by atoms with van der Waals surface area (Å²) in [7, 11) is 0. The second-order valence-electron chi connectivity index (χ2n) is 4.95. The Hall–Kier alpha value is -0.650. The van der Waals surface area contributed by atoms with Crippen LogP contribution in [0, 0.1) is 11.8 Å². The van der Waals surface area contributed by atoms with Crippen LogP contribution in [0.3, 0.4) is 0 Å². The number of carbonyl (C=O) groups is 1. The van der Waals surface area contributed by atoms with E-state index in [0.717, 1.165) is 12.8 Å². The van der Waals surface area contributed by atoms with Gasteiger partial charge in [0, 0.05) is 19.5 Å². The minimum atomic E-state index is -0.0673. The van der Waals surface area contributed by atoms with Crippen LogP contribution in [0.5, 0.6) is 0 Å². The van der Waals surface area contributed by atoms with Crippen LogP contribution in [-0.2, 0) is 4.79 Å². The molecule has 5 heteroatoms. The highest BCUT2D eigenvalue weighted by Gasteiger charge is 2.17. The molecule has 1 amide bonds. The summed E-state index contributed by atoms with van der Waals surface area (Å²) in [6, 6.07) is 0. The number of hydrogen-bond acceptors (Lipinski definition) is 4. The van der Waals surface area contributed by atoms with Gasteiger partial charge in [0.05, 0.1) is 13.2 Å². The Labute approximate surface area is 110 Å². The van der Waals surface area contributed by atoms with Crippen molar-refractivity contribution in [2.45, 2.75) is 33.1 Å². The van der Waals surface area contributed by atoms with Crippen LogP contribution in [0.15, 0.2) is 0 Å². The number of amides is 1. The zero-order valence-electron chi connectivity index (χ0n) is 11.6. The van der Waals surface area contributed by atoms with Crippen molar-refractivity contribution in [3.05, 3.63) is 0 Å². The summed E-state index contributed by atoms with van der Waals surface area (Å²) >= 11 is 0. The van der Waals surface area contributed by atoms with Crippen molar-refractivity contribution in [3.63, 3.8) is 0 Å². The minimum absolute atomic E-state index is 0.000714. The first-order chi connectivity index (χ1) is 8.56. The molecule has 0 spiro atoms. The summed E-state index contributed by atoms with van der Waals surface area (Å²) in [6.45, 7) is 5.39. The van der Waals surface area contributed by atoms with E-state index in [4.69, 9.17) is 15.9 Å². The topological polar surface area (TPSA) is 86.8 Å². The van der Waals surface area contributed by atoms with Crippen molar-refractivity contribution >= 4 is 5.91 Å². The summed E-state index contributed by atoms with van der Waals surface area (Å²) in [5, 5.41) is 17.7. The molecule has 4 N–H and O–H groups in total. The maximum absolute atomic E-state index is 11.9. The van der Waals surface area contributed by atoms with Crippen LogP contribution < -0.4 is 5.73 Å². The number of rotatable bonds is 10. The van der Waals surface area contributed by atoms with Crippen molar-refractivity contribution < 1.29 is 15.0 Å². The molecule has 108 valence electrons. The molecule has 0 aliphatic carbocycles. The van der Waals surface area contributed by atoms with Crippen molar-refractivity contribution in [1.82, 2.24) is 4.90 Å². The van der Waals surface area contributed by atoms with Gasteiger partial charge < -0.3 is 20.8 Å². The summed E-state index contributed by atoms with van der Waals surface area (Å²) in [4.78, 5) is 13.4. The lowest BCUT2D eigenvalue weighted by Gasteiger charge is -2.24. The van der Waals surface area contributed by atoms with Gasteiger partial charge in [0.15, 0.2) is 0 Å². The number of aliphatic hydroxyl groups is 2. The number of carbonyl (C=O) groups excluding carboxylic acids is 1. The van der Waals surface area contributed by atoms with Gasteiger partial charge in [0.2, 0.25) is 5.91 Å². The Morgan fingerprint density at radius 3 is 2.11 bits per heavy atom. The van der Waals surface area contributed by atoms with Crippen molar-refractivity contribution in [1.29, 1.82) is 0 Å². The summed E-state index contributed by atoms with van der Waals surface area (Å²) in [5.41, 5.74) is 5.57. The second kappa shape index (κ2) is 10.3. The van der Waals surface area contributed by atoms with Crippen LogP contribution in [0.2, 0.25) is 0 Å². The highest BCUT2D eigenvalue weighted by atomic mass is 16.3. The smallest absolute Gasteiger partial charge is 0.222 e. The molecule has 0 bridgehead atoms. The van der Waals surface area contributed by atoms with Crippen molar-refractivity contribution in [2.24, 2.45) is 17.6 Å². The quantitative estimate of drug-likeness (QED) is 0.524. The summed E-state index contributed by atoms with van der Waals surface area (Å²) < 4.78 is 0. The van der Waals surface area contributed by atoms with Gasteiger partial charge in [-0.1, -0.05) is 13.8 Å². The van der Waals surface area contributed by atoms with Crippen LogP contribution in [0.25, 0.3) is 0 Å². The molecule has 5 nitrogen and oxygen atoms in total. The number of nitrogens with zero attached hydrogens (tertiary/aromatic N) is 1. The fraction of sp³-hybridized carbons (Fsp3) is 0.923. The number of aliphatic hydroxyl groups excluding tert-OH is 2. The number of nitrogens with two attached hydrogens (primary N) is 1. The Morgan fingerprint density at radius 2 is 1.72 bits per heavy atom. The predicted molar refractivity (Wildman–Crippen MR) is 72.0 cm³/mol. The normalized spacial score (nSPS) is 12.8. The molecule has 18 heavy (non-hydrogen) atoms. The molecule has 0 heterocycles. The largest absolute Gasteiger partial charge is 0.395 e. The van der Waals surface area contributed by atoms with E-state index in [9.17, 15) is 4.79 Å². The van der Waals surface area contributed by atoms with Gasteiger partial charge in [0.25, 0.3) is 0 Å². The van der Waals surface area contributed by atoms with Crippen LogP contribution in [-0.4, -0.2) is 53.9 Å². The molecule has 0 aliphatic heterocycles. The molecular formula is C13H28N2O3. The van der Waals surface area contributed by atoms with E-state index in [-0.39, 0.29) is 19.1 Å². The van der Waals surface area contributed by atoms with Gasteiger partial charge >= 0.3 is 0 Å². The molecule has 0 aliphatic rings. The third kappa shape index (κ3) is 6.93. The molecule has 0 fully saturated rings. The molecular weight excluding hydrogens is 232 g/mol. The fourth-order valence-electron chi connectivity index (χ4n) is 2.09. The fourth-order valence-corrected chi connectivity index (χ4v) is 2.09. The van der Waals surface area contributed by atoms with E-state index >= 15 is 0 Å². The highest BCUT2D eigenvalue weighted by Crippen LogP contribution is 2.20. The first-order valence-corrected chi connectivity index (χ1v) is 6.76. The van der Waals surface area contributed by atoms with Crippen LogP contribution >= 0.6 is 0 Å². The highest BCUT2D eigenvalue weighted by molar-refractivity contribution is 5.76. The average Bonchev–Trinajstić information content (AvgIpc) is 2.33. The molecule has 0 saturated carbocycles. The molecule has 1 unspecified atom stereocenters. The standard InChI is InChI=1S/C13H28N2O3/c1-11(2)12(5-6-14)3-4-13(18)15(7-9-16)8-10-17/h11-12,16-17H,3-10,14H2,1-2H3. The monoisotopic (exact) mass is 260 g/mol. The lowest BCUT2D eigenvalue weighted by atomic mass is 9.88. The Morgan fingerprint density at radius 1 is 1.17 bits per heavy atom. The van der Waals surface area contributed by atoms with E-state index in [1.807, 2.05) is 0 Å². The SMILES string of the molecule is CC(C)C(CCN)CCC(=O)N(CCO)CCO. The maximum atomic E-state index is 11.9. The zero-order valence-corrected chi connectivity index (χ0v) is 11.6. The van der Waals surface area contributed by atoms with E-state index in [2.05, 4.69) is 13.8 Å². The first-order valence-electron chi connectivity index (χ1n) is 6.76. The Kier molecular flexibility index (Phi) is 9.92. The molecule has 0 aromatic rings. The van der Waals surface area contributed by atoms with E-state index < -0.39 is 0 Å². The molecule has 0 saturated heterocycles. The lowest BCUT2D eigenvalue weighted by molar-refractivity contribution is -0.132. The second-order valence-corrected chi connectivity index (χ2v) is 4.95. The summed E-state index contributed by atoms with van der Waals surface area (Å²) in [6.07, 6.45) is 2.22. The van der Waals surface area contributed by atoms with Gasteiger partial charge in [0.1, 0.15) is 0 Å². The first kappa shape index (κ1) is 17.4. The van der Waals surface area contributed by atoms with E-state index in [1.54, 1.807) is 0 Å². The molecule has 1 atom stereocenters. The van der Waals surface area contributed by atoms with Gasteiger partial charge in [-0.3, -0.25) is 4.79 Å². The Balaban J connectivity index is 4.17. The molecule has 0 aromatic carbocycles. The van der Waals surface area contributed by atoms with Gasteiger partial charge in [-0.2, -0.15) is 0 Å². The van der Waals surface area contributed by atoms with Gasteiger partial charge in [-0.15, -0.1) is 0 Å². The average molecular weight is 260 g/mol. The van der Waals surface area contributed by atoms with Crippen molar-refractivity contribution in [3.8, 4) is 0 Å². The maximum Gasteiger partial charge on any atom is 0.222 e. The minimum Gasteiger partial charge on any atom is -0.395 e. The van der Waals surface area contributed by atoms with Gasteiger partial charge in [-0.25, -0.2) is 0 Å². The molecule has 0 rings (SSSR count). The Bertz CT molecular complexity index is 216.